The molecule has 5 heteroatoms. The number of H-pyrrole nitrogens is 1. The molecule has 0 saturated carbocycles. The lowest BCUT2D eigenvalue weighted by atomic mass is 9.97. The number of nitrogens with two attached hydrogens (primary N) is 1. The van der Waals surface area contributed by atoms with Gasteiger partial charge in [-0.3, -0.25) is 0 Å². The van der Waals surface area contributed by atoms with Crippen LogP contribution in [-0.4, -0.2) is 23.6 Å². The zero-order chi connectivity index (χ0) is 12.3. The number of aromatic nitrogens is 2. The number of hydrogen-bond donors (Lipinski definition) is 2. The molecule has 2 aromatic rings. The fourth-order valence-corrected chi connectivity index (χ4v) is 2.14. The van der Waals surface area contributed by atoms with Crippen LogP contribution in [0.2, 0.25) is 0 Å². The van der Waals surface area contributed by atoms with Gasteiger partial charge in [0.25, 0.3) is 0 Å². The molecule has 1 atom stereocenters. The Bertz CT molecular complexity index is 498. The van der Waals surface area contributed by atoms with Gasteiger partial charge in [-0.05, 0) is 22.0 Å². The molecule has 0 amide bonds. The fraction of sp³-hybridized carbons (Fsp3) is 0.250. The number of benzene rings is 1. The SMILES string of the molecule is COc1ccccc1C(CN)c1ncc(Br)[nH]1. The third kappa shape index (κ3) is 2.50. The molecule has 90 valence electrons. The highest BCUT2D eigenvalue weighted by Crippen LogP contribution is 2.29. The zero-order valence-corrected chi connectivity index (χ0v) is 11.1. The summed E-state index contributed by atoms with van der Waals surface area (Å²) in [4.78, 5) is 7.45. The van der Waals surface area contributed by atoms with E-state index in [1.54, 1.807) is 13.3 Å². The molecule has 1 heterocycles. The van der Waals surface area contributed by atoms with Crippen LogP contribution < -0.4 is 10.5 Å². The number of nitrogens with zero attached hydrogens (tertiary/aromatic N) is 1. The molecule has 2 rings (SSSR count). The van der Waals surface area contributed by atoms with E-state index in [1.165, 1.54) is 0 Å². The zero-order valence-electron chi connectivity index (χ0n) is 9.48. The average molecular weight is 296 g/mol. The van der Waals surface area contributed by atoms with Crippen molar-refractivity contribution in [3.8, 4) is 5.75 Å². The van der Waals surface area contributed by atoms with Crippen molar-refractivity contribution in [3.63, 3.8) is 0 Å². The molecule has 1 unspecified atom stereocenters. The van der Waals surface area contributed by atoms with E-state index in [-0.39, 0.29) is 5.92 Å². The number of methoxy groups -OCH3 is 1. The first-order valence-electron chi connectivity index (χ1n) is 5.29. The summed E-state index contributed by atoms with van der Waals surface area (Å²) in [7, 11) is 1.66. The van der Waals surface area contributed by atoms with Crippen LogP contribution in [0.3, 0.4) is 0 Å². The Hall–Kier alpha value is -1.33. The molecule has 1 aromatic carbocycles. The topological polar surface area (TPSA) is 63.9 Å². The number of aromatic amines is 1. The van der Waals surface area contributed by atoms with Crippen molar-refractivity contribution >= 4 is 15.9 Å². The predicted octanol–water partition coefficient (Wildman–Crippen LogP) is 2.27. The van der Waals surface area contributed by atoms with Gasteiger partial charge in [0.15, 0.2) is 0 Å². The third-order valence-electron chi connectivity index (χ3n) is 2.64. The van der Waals surface area contributed by atoms with Crippen molar-refractivity contribution in [1.29, 1.82) is 0 Å². The summed E-state index contributed by atoms with van der Waals surface area (Å²) in [5.74, 6) is 1.68. The van der Waals surface area contributed by atoms with E-state index in [4.69, 9.17) is 10.5 Å². The quantitative estimate of drug-likeness (QED) is 0.909. The molecule has 17 heavy (non-hydrogen) atoms. The van der Waals surface area contributed by atoms with E-state index < -0.39 is 0 Å². The Morgan fingerprint density at radius 2 is 2.24 bits per heavy atom. The largest absolute Gasteiger partial charge is 0.496 e. The minimum Gasteiger partial charge on any atom is -0.496 e. The number of hydrogen-bond acceptors (Lipinski definition) is 3. The van der Waals surface area contributed by atoms with Gasteiger partial charge in [0, 0.05) is 12.1 Å². The van der Waals surface area contributed by atoms with Crippen molar-refractivity contribution in [2.24, 2.45) is 5.73 Å². The van der Waals surface area contributed by atoms with Gasteiger partial charge in [-0.1, -0.05) is 18.2 Å². The van der Waals surface area contributed by atoms with Gasteiger partial charge >= 0.3 is 0 Å². The van der Waals surface area contributed by atoms with E-state index in [2.05, 4.69) is 25.9 Å². The van der Waals surface area contributed by atoms with Crippen LogP contribution in [0.25, 0.3) is 0 Å². The molecule has 0 radical (unpaired) electrons. The van der Waals surface area contributed by atoms with Crippen LogP contribution in [-0.2, 0) is 0 Å². The lowest BCUT2D eigenvalue weighted by Gasteiger charge is -2.16. The van der Waals surface area contributed by atoms with E-state index in [0.29, 0.717) is 6.54 Å². The van der Waals surface area contributed by atoms with Crippen LogP contribution in [0.5, 0.6) is 5.75 Å². The minimum absolute atomic E-state index is 0.0115. The first-order valence-corrected chi connectivity index (χ1v) is 6.09. The molecule has 3 N–H and O–H groups in total. The number of nitrogens with one attached hydrogen (secondary N) is 1. The normalized spacial score (nSPS) is 12.4. The molecule has 1 aromatic heterocycles. The lowest BCUT2D eigenvalue weighted by Crippen LogP contribution is -2.16. The summed E-state index contributed by atoms with van der Waals surface area (Å²) in [5.41, 5.74) is 6.88. The molecule has 0 fully saturated rings. The number of imidazole rings is 1. The number of para-hydroxylation sites is 1. The lowest BCUT2D eigenvalue weighted by molar-refractivity contribution is 0.407. The molecular weight excluding hydrogens is 282 g/mol. The van der Waals surface area contributed by atoms with Gasteiger partial charge in [-0.2, -0.15) is 0 Å². The van der Waals surface area contributed by atoms with E-state index >= 15 is 0 Å². The summed E-state index contributed by atoms with van der Waals surface area (Å²) < 4.78 is 6.20. The smallest absolute Gasteiger partial charge is 0.122 e. The minimum atomic E-state index is 0.0115. The summed E-state index contributed by atoms with van der Waals surface area (Å²) >= 11 is 3.35. The molecule has 0 saturated heterocycles. The van der Waals surface area contributed by atoms with E-state index in [9.17, 15) is 0 Å². The van der Waals surface area contributed by atoms with E-state index in [1.807, 2.05) is 24.3 Å². The Labute approximate surface area is 108 Å². The van der Waals surface area contributed by atoms with Crippen LogP contribution in [0.15, 0.2) is 35.1 Å². The maximum Gasteiger partial charge on any atom is 0.122 e. The van der Waals surface area contributed by atoms with Gasteiger partial charge in [0.2, 0.25) is 0 Å². The number of ether oxygens (including phenoxy) is 1. The first kappa shape index (κ1) is 12.1. The Morgan fingerprint density at radius 3 is 2.82 bits per heavy atom. The van der Waals surface area contributed by atoms with Crippen LogP contribution in [0, 0.1) is 0 Å². The van der Waals surface area contributed by atoms with Crippen molar-refractivity contribution in [2.45, 2.75) is 5.92 Å². The van der Waals surface area contributed by atoms with Crippen LogP contribution in [0.4, 0.5) is 0 Å². The second kappa shape index (κ2) is 5.33. The Balaban J connectivity index is 2.41. The van der Waals surface area contributed by atoms with Crippen LogP contribution in [0.1, 0.15) is 17.3 Å². The first-order chi connectivity index (χ1) is 8.26. The standard InChI is InChI=1S/C12H14BrN3O/c1-17-10-5-3-2-4-8(10)9(6-14)12-15-7-11(13)16-12/h2-5,7,9H,6,14H2,1H3,(H,15,16). The Kier molecular flexibility index (Phi) is 3.81. The van der Waals surface area contributed by atoms with Gasteiger partial charge in [0.05, 0.1) is 19.2 Å². The molecule has 0 aliphatic heterocycles. The Morgan fingerprint density at radius 1 is 1.47 bits per heavy atom. The molecule has 4 nitrogen and oxygen atoms in total. The predicted molar refractivity (Wildman–Crippen MR) is 70.2 cm³/mol. The maximum atomic E-state index is 5.84. The van der Waals surface area contributed by atoms with Gasteiger partial charge in [-0.15, -0.1) is 0 Å². The highest BCUT2D eigenvalue weighted by Gasteiger charge is 2.19. The number of rotatable bonds is 4. The van der Waals surface area contributed by atoms with Gasteiger partial charge in [-0.25, -0.2) is 4.98 Å². The second-order valence-electron chi connectivity index (χ2n) is 3.65. The second-order valence-corrected chi connectivity index (χ2v) is 4.50. The molecule has 0 aliphatic carbocycles. The van der Waals surface area contributed by atoms with E-state index in [0.717, 1.165) is 21.7 Å². The molecule has 0 spiro atoms. The molecule has 0 aliphatic rings. The third-order valence-corrected chi connectivity index (χ3v) is 3.05. The summed E-state index contributed by atoms with van der Waals surface area (Å²) in [5, 5.41) is 0. The molecule has 0 bridgehead atoms. The monoisotopic (exact) mass is 295 g/mol. The summed E-state index contributed by atoms with van der Waals surface area (Å²) in [6.45, 7) is 0.473. The fourth-order valence-electron chi connectivity index (χ4n) is 1.83. The highest BCUT2D eigenvalue weighted by atomic mass is 79.9. The summed E-state index contributed by atoms with van der Waals surface area (Å²) in [6, 6.07) is 7.84. The highest BCUT2D eigenvalue weighted by molar-refractivity contribution is 9.10. The van der Waals surface area contributed by atoms with Crippen molar-refractivity contribution in [2.75, 3.05) is 13.7 Å². The maximum absolute atomic E-state index is 5.84. The number of halogens is 1. The van der Waals surface area contributed by atoms with Gasteiger partial charge < -0.3 is 15.5 Å². The van der Waals surface area contributed by atoms with Crippen molar-refractivity contribution < 1.29 is 4.74 Å². The van der Waals surface area contributed by atoms with Gasteiger partial charge in [0.1, 0.15) is 16.2 Å². The van der Waals surface area contributed by atoms with Crippen molar-refractivity contribution in [3.05, 3.63) is 46.5 Å². The van der Waals surface area contributed by atoms with Crippen molar-refractivity contribution in [1.82, 2.24) is 9.97 Å². The summed E-state index contributed by atoms with van der Waals surface area (Å²) in [6.07, 6.45) is 1.73. The molecular formula is C12H14BrN3O. The van der Waals surface area contributed by atoms with Crippen LogP contribution >= 0.6 is 15.9 Å². The average Bonchev–Trinajstić information content (AvgIpc) is 2.77.